The summed E-state index contributed by atoms with van der Waals surface area (Å²) in [6.45, 7) is 4.13. The predicted molar refractivity (Wildman–Crippen MR) is 69.6 cm³/mol. The van der Waals surface area contributed by atoms with Crippen molar-refractivity contribution in [1.82, 2.24) is 9.97 Å². The lowest BCUT2D eigenvalue weighted by atomic mass is 10.1. The molecule has 0 N–H and O–H groups in total. The van der Waals surface area contributed by atoms with E-state index in [0.717, 1.165) is 23.5 Å². The number of rotatable bonds is 1. The number of aromatic nitrogens is 2. The highest BCUT2D eigenvalue weighted by Gasteiger charge is 2.22. The molecule has 0 saturated carbocycles. The summed E-state index contributed by atoms with van der Waals surface area (Å²) in [5.74, 6) is 0.887. The van der Waals surface area contributed by atoms with E-state index in [-0.39, 0.29) is 5.78 Å². The highest BCUT2D eigenvalue weighted by molar-refractivity contribution is 5.99. The molecule has 0 aliphatic heterocycles. The van der Waals surface area contributed by atoms with Crippen LogP contribution in [-0.2, 0) is 6.42 Å². The number of nitrogens with zero attached hydrogens (tertiary/aromatic N) is 2. The third kappa shape index (κ3) is 1.72. The van der Waals surface area contributed by atoms with Crippen molar-refractivity contribution in [2.24, 2.45) is 0 Å². The lowest BCUT2D eigenvalue weighted by Crippen LogP contribution is -1.99. The van der Waals surface area contributed by atoms with E-state index in [1.165, 1.54) is 11.1 Å². The van der Waals surface area contributed by atoms with Crippen molar-refractivity contribution in [2.45, 2.75) is 26.7 Å². The van der Waals surface area contributed by atoms with Gasteiger partial charge in [0.2, 0.25) is 0 Å². The minimum atomic E-state index is 0.164. The van der Waals surface area contributed by atoms with Gasteiger partial charge in [-0.3, -0.25) is 4.79 Å². The Balaban J connectivity index is 2.10. The summed E-state index contributed by atoms with van der Waals surface area (Å²) in [6, 6.07) is 6.23. The summed E-state index contributed by atoms with van der Waals surface area (Å²) in [5, 5.41) is 0. The fourth-order valence-electron chi connectivity index (χ4n) is 2.40. The fraction of sp³-hybridized carbons (Fsp3) is 0.267. The maximum atomic E-state index is 11.5. The van der Waals surface area contributed by atoms with Gasteiger partial charge in [-0.2, -0.15) is 0 Å². The molecule has 1 aromatic carbocycles. The Morgan fingerprint density at radius 1 is 1.11 bits per heavy atom. The molecule has 18 heavy (non-hydrogen) atoms. The molecule has 3 rings (SSSR count). The van der Waals surface area contributed by atoms with Crippen LogP contribution in [0.2, 0.25) is 0 Å². The lowest BCUT2D eigenvalue weighted by Gasteiger charge is -2.06. The summed E-state index contributed by atoms with van der Waals surface area (Å²) in [6.07, 6.45) is 2.99. The van der Waals surface area contributed by atoms with Crippen LogP contribution in [0.1, 0.15) is 33.6 Å². The molecule has 0 unspecified atom stereocenters. The molecule has 0 fully saturated rings. The van der Waals surface area contributed by atoms with Gasteiger partial charge < -0.3 is 0 Å². The average Bonchev–Trinajstić information content (AvgIpc) is 2.71. The first kappa shape index (κ1) is 11.1. The van der Waals surface area contributed by atoms with Gasteiger partial charge in [0.15, 0.2) is 11.6 Å². The van der Waals surface area contributed by atoms with Crippen LogP contribution >= 0.6 is 0 Å². The third-order valence-corrected chi connectivity index (χ3v) is 3.38. The summed E-state index contributed by atoms with van der Waals surface area (Å²) in [7, 11) is 0. The van der Waals surface area contributed by atoms with E-state index < -0.39 is 0 Å². The highest BCUT2D eigenvalue weighted by Crippen LogP contribution is 2.25. The van der Waals surface area contributed by atoms with Crippen LogP contribution in [0.5, 0.6) is 0 Å². The van der Waals surface area contributed by atoms with Crippen LogP contribution < -0.4 is 0 Å². The molecule has 0 atom stereocenters. The normalized spacial score (nSPS) is 13.8. The van der Waals surface area contributed by atoms with E-state index in [2.05, 4.69) is 35.9 Å². The molecule has 3 heteroatoms. The third-order valence-electron chi connectivity index (χ3n) is 3.38. The topological polar surface area (TPSA) is 42.9 Å². The van der Waals surface area contributed by atoms with E-state index in [1.807, 2.05) is 6.07 Å². The number of hydrogen-bond acceptors (Lipinski definition) is 3. The van der Waals surface area contributed by atoms with Crippen LogP contribution in [-0.4, -0.2) is 15.8 Å². The van der Waals surface area contributed by atoms with Crippen molar-refractivity contribution in [1.29, 1.82) is 0 Å². The van der Waals surface area contributed by atoms with Crippen molar-refractivity contribution >= 4 is 5.78 Å². The number of Topliss-reactive ketones (excluding diaryl/α,β-unsaturated/α-hetero) is 1. The van der Waals surface area contributed by atoms with Gasteiger partial charge in [0.1, 0.15) is 0 Å². The Kier molecular flexibility index (Phi) is 2.47. The fourth-order valence-corrected chi connectivity index (χ4v) is 2.40. The number of hydrogen-bond donors (Lipinski definition) is 0. The highest BCUT2D eigenvalue weighted by atomic mass is 16.1. The maximum absolute atomic E-state index is 11.5. The quantitative estimate of drug-likeness (QED) is 0.767. The van der Waals surface area contributed by atoms with Crippen LogP contribution in [0.15, 0.2) is 24.4 Å². The molecule has 0 spiro atoms. The monoisotopic (exact) mass is 238 g/mol. The van der Waals surface area contributed by atoms with Crippen molar-refractivity contribution in [3.63, 3.8) is 0 Å². The van der Waals surface area contributed by atoms with Gasteiger partial charge >= 0.3 is 0 Å². The van der Waals surface area contributed by atoms with Gasteiger partial charge in [-0.05, 0) is 25.8 Å². The first-order valence-electron chi connectivity index (χ1n) is 6.12. The Hall–Kier alpha value is -2.03. The second kappa shape index (κ2) is 4.02. The first-order valence-corrected chi connectivity index (χ1v) is 6.12. The largest absolute Gasteiger partial charge is 0.294 e. The standard InChI is InChI=1S/C15H14N2O/c1-9-3-4-11(10(2)7-9)15-16-8-12-13(17-15)5-6-14(12)18/h3-4,7-8H,5-6H2,1-2H3. The van der Waals surface area contributed by atoms with Crippen molar-refractivity contribution in [3.05, 3.63) is 46.8 Å². The second-order valence-corrected chi connectivity index (χ2v) is 4.80. The van der Waals surface area contributed by atoms with Gasteiger partial charge in [-0.15, -0.1) is 0 Å². The molecule has 3 nitrogen and oxygen atoms in total. The number of carbonyl (C=O) groups excluding carboxylic acids is 1. The predicted octanol–water partition coefficient (Wildman–Crippen LogP) is 2.89. The molecule has 0 amide bonds. The molecule has 1 aliphatic rings. The summed E-state index contributed by atoms with van der Waals surface area (Å²) in [4.78, 5) is 20.4. The molecule has 0 saturated heterocycles. The molecule has 1 heterocycles. The number of benzene rings is 1. The molecular weight excluding hydrogens is 224 g/mol. The van der Waals surface area contributed by atoms with Gasteiger partial charge in [-0.25, -0.2) is 9.97 Å². The number of carbonyl (C=O) groups is 1. The summed E-state index contributed by atoms with van der Waals surface area (Å²) >= 11 is 0. The van der Waals surface area contributed by atoms with Crippen molar-refractivity contribution in [3.8, 4) is 11.4 Å². The lowest BCUT2D eigenvalue weighted by molar-refractivity contribution is 0.0994. The zero-order valence-electron chi connectivity index (χ0n) is 10.5. The molecule has 2 aromatic rings. The van der Waals surface area contributed by atoms with Crippen molar-refractivity contribution < 1.29 is 4.79 Å². The number of fused-ring (bicyclic) bond motifs is 1. The molecule has 0 radical (unpaired) electrons. The van der Waals surface area contributed by atoms with E-state index in [4.69, 9.17) is 0 Å². The zero-order valence-corrected chi connectivity index (χ0v) is 10.5. The number of aryl methyl sites for hydroxylation is 3. The zero-order chi connectivity index (χ0) is 12.7. The van der Waals surface area contributed by atoms with Gasteiger partial charge in [0, 0.05) is 18.2 Å². The Morgan fingerprint density at radius 2 is 1.94 bits per heavy atom. The Bertz CT molecular complexity index is 647. The van der Waals surface area contributed by atoms with Crippen LogP contribution in [0.3, 0.4) is 0 Å². The van der Waals surface area contributed by atoms with E-state index >= 15 is 0 Å². The molecule has 1 aromatic heterocycles. The van der Waals surface area contributed by atoms with Crippen molar-refractivity contribution in [2.75, 3.05) is 0 Å². The first-order chi connectivity index (χ1) is 8.65. The molecule has 1 aliphatic carbocycles. The second-order valence-electron chi connectivity index (χ2n) is 4.80. The molecule has 0 bridgehead atoms. The molecule has 90 valence electrons. The van der Waals surface area contributed by atoms with Gasteiger partial charge in [0.25, 0.3) is 0 Å². The van der Waals surface area contributed by atoms with Gasteiger partial charge in [-0.1, -0.05) is 23.8 Å². The van der Waals surface area contributed by atoms with Gasteiger partial charge in [0.05, 0.1) is 11.3 Å². The average molecular weight is 238 g/mol. The van der Waals surface area contributed by atoms with E-state index in [9.17, 15) is 4.79 Å². The van der Waals surface area contributed by atoms with Crippen LogP contribution in [0, 0.1) is 13.8 Å². The van der Waals surface area contributed by atoms with Crippen LogP contribution in [0.4, 0.5) is 0 Å². The number of ketones is 1. The smallest absolute Gasteiger partial charge is 0.166 e. The summed E-state index contributed by atoms with van der Waals surface area (Å²) < 4.78 is 0. The maximum Gasteiger partial charge on any atom is 0.166 e. The molecular formula is C15H14N2O. The van der Waals surface area contributed by atoms with Crippen LogP contribution in [0.25, 0.3) is 11.4 Å². The summed E-state index contributed by atoms with van der Waals surface area (Å²) in [5.41, 5.74) is 5.03. The Morgan fingerprint density at radius 3 is 2.72 bits per heavy atom. The minimum Gasteiger partial charge on any atom is -0.294 e. The van der Waals surface area contributed by atoms with E-state index in [1.54, 1.807) is 6.20 Å². The SMILES string of the molecule is Cc1ccc(-c2ncc3c(n2)CCC3=O)c(C)c1. The van der Waals surface area contributed by atoms with E-state index in [0.29, 0.717) is 12.0 Å². The Labute approximate surface area is 106 Å². The minimum absolute atomic E-state index is 0.164.